The second kappa shape index (κ2) is 9.77. The number of halogens is 3. The molecule has 8 heteroatoms. The zero-order chi connectivity index (χ0) is 23.1. The molecule has 168 valence electrons. The first-order valence-corrected chi connectivity index (χ1v) is 28.5. The zero-order valence-corrected chi connectivity index (χ0v) is 28.7. The van der Waals surface area contributed by atoms with Crippen LogP contribution in [0.3, 0.4) is 0 Å². The molecular weight excluding hydrogens is 620 g/mol. The smallest absolute Gasteiger partial charge is 0.160 e. The highest BCUT2D eigenvalue weighted by atomic mass is 80.0. The molecule has 1 nitrogen and oxygen atoms in total. The van der Waals surface area contributed by atoms with E-state index in [1.165, 1.54) is 5.56 Å². The Morgan fingerprint density at radius 1 is 0.793 bits per heavy atom. The van der Waals surface area contributed by atoms with Crippen LogP contribution in [0.25, 0.3) is 0 Å². The van der Waals surface area contributed by atoms with Crippen LogP contribution in [-0.2, 0) is 0 Å². The molecule has 1 N–H and O–H groups in total. The minimum atomic E-state index is -1.72. The van der Waals surface area contributed by atoms with Gasteiger partial charge in [0.05, 0.1) is 6.10 Å². The maximum absolute atomic E-state index is 11.2. The second-order valence-corrected chi connectivity index (χ2v) is 59.6. The number of aliphatic hydroxyl groups excluding tert-OH is 1. The van der Waals surface area contributed by atoms with Gasteiger partial charge in [0, 0.05) is 29.4 Å². The summed E-state index contributed by atoms with van der Waals surface area (Å²) in [6.45, 7) is 24.6. The van der Waals surface area contributed by atoms with Crippen LogP contribution in [0.4, 0.5) is 0 Å². The summed E-state index contributed by atoms with van der Waals surface area (Å²) in [4.78, 5) is 0. The Bertz CT molecular complexity index is 622. The first-order valence-electron chi connectivity index (χ1n) is 10.6. The molecule has 0 saturated heterocycles. The highest BCUT2D eigenvalue weighted by Gasteiger charge is 2.66. The number of alkyl halides is 3. The molecule has 0 aromatic heterocycles. The van der Waals surface area contributed by atoms with Crippen LogP contribution in [0.1, 0.15) is 24.8 Å². The van der Waals surface area contributed by atoms with Crippen LogP contribution in [0.15, 0.2) is 30.3 Å². The van der Waals surface area contributed by atoms with E-state index in [4.69, 9.17) is 0 Å². The highest BCUT2D eigenvalue weighted by Crippen LogP contribution is 2.54. The van der Waals surface area contributed by atoms with Gasteiger partial charge in [-0.3, -0.25) is 0 Å². The topological polar surface area (TPSA) is 20.2 Å². The molecule has 0 heterocycles. The van der Waals surface area contributed by atoms with Gasteiger partial charge in [0.2, 0.25) is 0 Å². The van der Waals surface area contributed by atoms with Gasteiger partial charge in [0.15, 0.2) is 2.14 Å². The lowest BCUT2D eigenvalue weighted by atomic mass is 9.94. The molecule has 0 aliphatic rings. The average Bonchev–Trinajstić information content (AvgIpc) is 2.49. The van der Waals surface area contributed by atoms with Crippen LogP contribution in [0, 0.1) is 0 Å². The second-order valence-electron chi connectivity index (χ2n) is 11.7. The van der Waals surface area contributed by atoms with Crippen molar-refractivity contribution in [3.63, 3.8) is 0 Å². The third-order valence-corrected chi connectivity index (χ3v) is 82.6. The lowest BCUT2D eigenvalue weighted by Crippen LogP contribution is -2.85. The van der Waals surface area contributed by atoms with E-state index in [2.05, 4.69) is 144 Å². The number of hydrogen-bond donors (Lipinski definition) is 1. The van der Waals surface area contributed by atoms with Crippen molar-refractivity contribution < 1.29 is 5.11 Å². The minimum Gasteiger partial charge on any atom is -0.390 e. The van der Waals surface area contributed by atoms with Crippen molar-refractivity contribution in [1.29, 1.82) is 0 Å². The molecule has 1 aromatic carbocycles. The summed E-state index contributed by atoms with van der Waals surface area (Å²) in [5.41, 5.74) is 2.00. The summed E-state index contributed by atoms with van der Waals surface area (Å²) >= 11 is 10.9. The third kappa shape index (κ3) is 6.09. The van der Waals surface area contributed by atoms with Gasteiger partial charge >= 0.3 is 0 Å². The normalized spacial score (nSPS) is 17.7. The monoisotopic (exact) mass is 658 g/mol. The zero-order valence-electron chi connectivity index (χ0n) is 19.9. The predicted octanol–water partition coefficient (Wildman–Crippen LogP) is 8.45. The molecule has 0 bridgehead atoms. The number of aliphatic hydroxyl groups is 1. The van der Waals surface area contributed by atoms with E-state index >= 15 is 0 Å². The molecule has 0 radical (unpaired) electrons. The fourth-order valence-electron chi connectivity index (χ4n) is 7.16. The van der Waals surface area contributed by atoms with Crippen LogP contribution in [0.2, 0.25) is 64.5 Å². The Kier molecular flexibility index (Phi) is 9.61. The SMILES string of the molecule is C[C@H](c1ccccc1)[C@@H](C[C@H](O)C(Br)(Br)Br)[Si]([Si](C)(C)C)([Si](C)(C)C)[Si](C)(C)C. The Balaban J connectivity index is 3.86. The summed E-state index contributed by atoms with van der Waals surface area (Å²) in [7, 11) is -4.46. The number of hydrogen-bond acceptors (Lipinski definition) is 1. The Morgan fingerprint density at radius 2 is 1.17 bits per heavy atom. The predicted molar refractivity (Wildman–Crippen MR) is 155 cm³/mol. The van der Waals surface area contributed by atoms with Crippen molar-refractivity contribution in [3.05, 3.63) is 35.9 Å². The maximum atomic E-state index is 11.2. The van der Waals surface area contributed by atoms with E-state index in [9.17, 15) is 5.11 Å². The van der Waals surface area contributed by atoms with Gasteiger partial charge in [-0.05, 0) is 23.4 Å². The minimum absolute atomic E-state index is 0.456. The van der Waals surface area contributed by atoms with Crippen molar-refractivity contribution in [2.24, 2.45) is 0 Å². The summed E-state index contributed by atoms with van der Waals surface area (Å²) in [5.74, 6) is 0.456. The first kappa shape index (κ1) is 28.5. The van der Waals surface area contributed by atoms with Crippen molar-refractivity contribution in [1.82, 2.24) is 0 Å². The summed E-state index contributed by atoms with van der Waals surface area (Å²) < 4.78 is -0.625. The molecule has 1 aromatic rings. The van der Waals surface area contributed by atoms with Crippen molar-refractivity contribution in [3.8, 4) is 0 Å². The van der Waals surface area contributed by atoms with Crippen molar-refractivity contribution in [2.75, 3.05) is 0 Å². The van der Waals surface area contributed by atoms with Gasteiger partial charge in [0.25, 0.3) is 0 Å². The van der Waals surface area contributed by atoms with E-state index in [1.54, 1.807) is 0 Å². The van der Waals surface area contributed by atoms with Crippen LogP contribution < -0.4 is 0 Å². The Morgan fingerprint density at radius 3 is 1.48 bits per heavy atom. The molecule has 0 aliphatic heterocycles. The van der Waals surface area contributed by atoms with Gasteiger partial charge in [-0.25, -0.2) is 0 Å². The number of benzene rings is 1. The van der Waals surface area contributed by atoms with Gasteiger partial charge in [-0.1, -0.05) is 144 Å². The van der Waals surface area contributed by atoms with Crippen LogP contribution in [-0.4, -0.2) is 42.8 Å². The van der Waals surface area contributed by atoms with Crippen LogP contribution >= 0.6 is 47.8 Å². The number of rotatable bonds is 8. The Hall–Kier alpha value is 1.49. The standard InChI is InChI=1S/C21H41Br3OSi4/c1-17(18-14-12-11-13-15-18)19(16-20(25)21(22,23)24)29(26(2,3)4,27(5,6)7)28(8,9)10/h11-15,17,19-20,25H,16H2,1-10H3/t17-,19-,20+/m1/s1. The lowest BCUT2D eigenvalue weighted by Gasteiger charge is -2.63. The average molecular weight is 662 g/mol. The molecule has 0 fully saturated rings. The summed E-state index contributed by atoms with van der Waals surface area (Å²) in [6, 6.07) is 11.0. The van der Waals surface area contributed by atoms with E-state index in [0.717, 1.165) is 6.42 Å². The van der Waals surface area contributed by atoms with Gasteiger partial charge in [0.1, 0.15) is 0 Å². The molecule has 0 saturated carbocycles. The fourth-order valence-corrected chi connectivity index (χ4v) is 114. The quantitative estimate of drug-likeness (QED) is 0.219. The molecule has 0 unspecified atom stereocenters. The summed E-state index contributed by atoms with van der Waals surface area (Å²) in [6.07, 6.45) is 0.345. The lowest BCUT2D eigenvalue weighted by molar-refractivity contribution is 0.173. The fraction of sp³-hybridized carbons (Fsp3) is 0.714. The van der Waals surface area contributed by atoms with Gasteiger partial charge < -0.3 is 5.11 Å². The van der Waals surface area contributed by atoms with Crippen molar-refractivity contribution >= 4 is 77.2 Å². The molecule has 3 atom stereocenters. The Labute approximate surface area is 208 Å². The van der Waals surface area contributed by atoms with E-state index in [0.29, 0.717) is 11.5 Å². The van der Waals surface area contributed by atoms with Gasteiger partial charge in [-0.2, -0.15) is 0 Å². The van der Waals surface area contributed by atoms with Crippen LogP contribution in [0.5, 0.6) is 0 Å². The largest absolute Gasteiger partial charge is 0.390 e. The third-order valence-electron chi connectivity index (χ3n) is 6.89. The van der Waals surface area contributed by atoms with E-state index in [1.807, 2.05) is 0 Å². The molecule has 1 rings (SSSR count). The molecule has 0 spiro atoms. The van der Waals surface area contributed by atoms with Crippen molar-refractivity contribution in [2.45, 2.75) is 92.0 Å². The molecule has 0 aliphatic carbocycles. The first-order chi connectivity index (χ1) is 12.8. The molecular formula is C21H41Br3OSi4. The molecule has 29 heavy (non-hydrogen) atoms. The maximum Gasteiger partial charge on any atom is 0.160 e. The van der Waals surface area contributed by atoms with Gasteiger partial charge in [-0.15, -0.1) is 0 Å². The van der Waals surface area contributed by atoms with E-state index in [-0.39, 0.29) is 0 Å². The van der Waals surface area contributed by atoms with E-state index < -0.39 is 37.6 Å². The molecule has 0 amide bonds. The summed E-state index contributed by atoms with van der Waals surface area (Å²) in [5, 5.41) is 11.2. The highest BCUT2D eigenvalue weighted by molar-refractivity contribution is 9.39.